The minimum atomic E-state index is 0.0192. The van der Waals surface area contributed by atoms with Gasteiger partial charge in [-0.15, -0.1) is 11.3 Å². The van der Waals surface area contributed by atoms with Gasteiger partial charge in [0.25, 0.3) is 5.91 Å². The van der Waals surface area contributed by atoms with Crippen LogP contribution in [0.5, 0.6) is 0 Å². The number of fused-ring (bicyclic) bond motifs is 5. The lowest BCUT2D eigenvalue weighted by atomic mass is 9.71. The van der Waals surface area contributed by atoms with Crippen LogP contribution in [0.25, 0.3) is 21.0 Å². The summed E-state index contributed by atoms with van der Waals surface area (Å²) in [6.45, 7) is 12.0. The number of benzene rings is 1. The predicted molar refractivity (Wildman–Crippen MR) is 133 cm³/mol. The molecule has 0 unspecified atom stereocenters. The average Bonchev–Trinajstić information content (AvgIpc) is 3.08. The molecule has 32 heavy (non-hydrogen) atoms. The van der Waals surface area contributed by atoms with Gasteiger partial charge in [0.1, 0.15) is 10.7 Å². The highest BCUT2D eigenvalue weighted by Gasteiger charge is 2.45. The van der Waals surface area contributed by atoms with Crippen molar-refractivity contribution >= 4 is 49.7 Å². The highest BCUT2D eigenvalue weighted by atomic mass is 32.1. The van der Waals surface area contributed by atoms with Gasteiger partial charge in [-0.2, -0.15) is 0 Å². The van der Waals surface area contributed by atoms with Crippen molar-refractivity contribution in [3.05, 3.63) is 29.1 Å². The molecule has 2 saturated heterocycles. The van der Waals surface area contributed by atoms with E-state index in [-0.39, 0.29) is 11.9 Å². The number of piperidine rings is 1. The van der Waals surface area contributed by atoms with Crippen LogP contribution >= 0.6 is 11.3 Å². The zero-order valence-electron chi connectivity index (χ0n) is 19.1. The van der Waals surface area contributed by atoms with Crippen LogP contribution in [0.4, 0.5) is 11.5 Å². The van der Waals surface area contributed by atoms with Gasteiger partial charge in [-0.1, -0.05) is 0 Å². The highest BCUT2D eigenvalue weighted by Crippen LogP contribution is 2.43. The van der Waals surface area contributed by atoms with E-state index in [0.717, 1.165) is 57.0 Å². The summed E-state index contributed by atoms with van der Waals surface area (Å²) >= 11 is 1.56. The Kier molecular flexibility index (Phi) is 4.63. The number of amides is 1. The second-order valence-corrected chi connectivity index (χ2v) is 11.3. The minimum absolute atomic E-state index is 0.0192. The lowest BCUT2D eigenvalue weighted by molar-refractivity contribution is -0.0381. The third-order valence-corrected chi connectivity index (χ3v) is 8.79. The normalized spacial score (nSPS) is 23.2. The Bertz CT molecular complexity index is 1200. The molecule has 3 aliphatic rings. The lowest BCUT2D eigenvalue weighted by Gasteiger charge is -2.55. The van der Waals surface area contributed by atoms with Crippen molar-refractivity contribution in [2.24, 2.45) is 5.41 Å². The summed E-state index contributed by atoms with van der Waals surface area (Å²) in [4.78, 5) is 23.5. The fourth-order valence-electron chi connectivity index (χ4n) is 5.60. The molecule has 3 aromatic rings. The Morgan fingerprint density at radius 1 is 1.16 bits per heavy atom. The van der Waals surface area contributed by atoms with Crippen molar-refractivity contribution in [2.45, 2.75) is 45.7 Å². The summed E-state index contributed by atoms with van der Waals surface area (Å²) in [5.41, 5.74) is 2.50. The van der Waals surface area contributed by atoms with Crippen molar-refractivity contribution in [3.8, 4) is 0 Å². The zero-order chi connectivity index (χ0) is 22.0. The van der Waals surface area contributed by atoms with Gasteiger partial charge in [0, 0.05) is 60.3 Å². The van der Waals surface area contributed by atoms with Gasteiger partial charge < -0.3 is 15.5 Å². The van der Waals surface area contributed by atoms with Crippen LogP contribution in [0.1, 0.15) is 43.3 Å². The molecule has 1 amide bonds. The van der Waals surface area contributed by atoms with E-state index in [1.165, 1.54) is 25.9 Å². The quantitative estimate of drug-likeness (QED) is 0.611. The van der Waals surface area contributed by atoms with E-state index < -0.39 is 0 Å². The third-order valence-electron chi connectivity index (χ3n) is 7.63. The Labute approximate surface area is 193 Å². The zero-order valence-corrected chi connectivity index (χ0v) is 19.9. The summed E-state index contributed by atoms with van der Waals surface area (Å²) < 4.78 is 1.13. The molecule has 6 rings (SSSR count). The third kappa shape index (κ3) is 3.17. The molecular weight excluding hydrogens is 418 g/mol. The second-order valence-electron chi connectivity index (χ2n) is 10.2. The van der Waals surface area contributed by atoms with Crippen LogP contribution in [-0.2, 0) is 0 Å². The molecular formula is C25H31N5OS. The number of anilines is 2. The smallest absolute Gasteiger partial charge is 0.263 e. The van der Waals surface area contributed by atoms with Crippen molar-refractivity contribution < 1.29 is 4.79 Å². The van der Waals surface area contributed by atoms with Crippen molar-refractivity contribution in [1.29, 1.82) is 0 Å². The first-order chi connectivity index (χ1) is 15.4. The molecule has 0 aliphatic carbocycles. The molecule has 0 bridgehead atoms. The predicted octanol–water partition coefficient (Wildman–Crippen LogP) is 4.30. The molecule has 2 N–H and O–H groups in total. The summed E-state index contributed by atoms with van der Waals surface area (Å²) in [5.74, 6) is 1.10. The first-order valence-corrected chi connectivity index (χ1v) is 12.6. The van der Waals surface area contributed by atoms with Crippen molar-refractivity contribution in [1.82, 2.24) is 15.2 Å². The highest BCUT2D eigenvalue weighted by molar-refractivity contribution is 7.21. The maximum Gasteiger partial charge on any atom is 0.263 e. The molecule has 0 saturated carbocycles. The van der Waals surface area contributed by atoms with Gasteiger partial charge in [0.15, 0.2) is 0 Å². The number of nitrogens with zero attached hydrogens (tertiary/aromatic N) is 3. The molecule has 2 aromatic heterocycles. The molecule has 1 atom stereocenters. The van der Waals surface area contributed by atoms with E-state index >= 15 is 0 Å². The molecule has 6 nitrogen and oxygen atoms in total. The van der Waals surface area contributed by atoms with Gasteiger partial charge in [-0.05, 0) is 63.3 Å². The van der Waals surface area contributed by atoms with Crippen LogP contribution in [0.3, 0.4) is 0 Å². The molecule has 7 heteroatoms. The molecule has 3 aliphatic heterocycles. The van der Waals surface area contributed by atoms with E-state index in [1.807, 2.05) is 6.92 Å². The summed E-state index contributed by atoms with van der Waals surface area (Å²) in [5, 5.41) is 8.84. The Morgan fingerprint density at radius 3 is 2.69 bits per heavy atom. The average molecular weight is 450 g/mol. The number of pyridine rings is 1. The summed E-state index contributed by atoms with van der Waals surface area (Å²) in [6, 6.07) is 9.37. The SMILES string of the molecule is CC(C)N1CC2(CCN(c3ccc4c(ccc5sc6c(c54)NC[C@@H](C)NC6=O)n3)CC2)C1. The summed E-state index contributed by atoms with van der Waals surface area (Å²) in [6.07, 6.45) is 2.51. The van der Waals surface area contributed by atoms with Gasteiger partial charge >= 0.3 is 0 Å². The number of likely N-dealkylation sites (tertiary alicyclic amines) is 1. The van der Waals surface area contributed by atoms with E-state index in [9.17, 15) is 4.79 Å². The number of nitrogens with one attached hydrogen (secondary N) is 2. The molecule has 1 spiro atoms. The van der Waals surface area contributed by atoms with Gasteiger partial charge in [0.2, 0.25) is 0 Å². The van der Waals surface area contributed by atoms with Gasteiger partial charge in [0.05, 0.1) is 11.2 Å². The Balaban J connectivity index is 1.29. The minimum Gasteiger partial charge on any atom is -0.381 e. The number of rotatable bonds is 2. The maximum absolute atomic E-state index is 12.7. The van der Waals surface area contributed by atoms with Crippen molar-refractivity contribution in [2.75, 3.05) is 42.9 Å². The lowest BCUT2D eigenvalue weighted by Crippen LogP contribution is -2.62. The van der Waals surface area contributed by atoms with Crippen LogP contribution in [0.15, 0.2) is 24.3 Å². The van der Waals surface area contributed by atoms with Crippen molar-refractivity contribution in [3.63, 3.8) is 0 Å². The van der Waals surface area contributed by atoms with E-state index in [4.69, 9.17) is 4.98 Å². The number of hydrogen-bond donors (Lipinski definition) is 2. The standard InChI is InChI=1S/C25H31N5OS/c1-15(2)30-13-25(14-30)8-10-29(11-9-25)20-7-4-17-18(28-20)5-6-19-21(17)22-23(32-19)24(31)27-16(3)12-26-22/h4-7,15-16,26H,8-14H2,1-3H3,(H,27,31)/t16-/m1/s1. The second kappa shape index (κ2) is 7.32. The largest absolute Gasteiger partial charge is 0.381 e. The van der Waals surface area contributed by atoms with Gasteiger partial charge in [-0.25, -0.2) is 4.98 Å². The van der Waals surface area contributed by atoms with Gasteiger partial charge in [-0.3, -0.25) is 9.69 Å². The number of carbonyl (C=O) groups excluding carboxylic acids is 1. The van der Waals surface area contributed by atoms with Crippen LogP contribution in [0, 0.1) is 5.41 Å². The van der Waals surface area contributed by atoms with E-state index in [0.29, 0.717) is 11.5 Å². The van der Waals surface area contributed by atoms with E-state index in [2.05, 4.69) is 58.5 Å². The molecule has 2 fully saturated rings. The monoisotopic (exact) mass is 449 g/mol. The number of hydrogen-bond acceptors (Lipinski definition) is 6. The fraction of sp³-hybridized carbons (Fsp3) is 0.520. The molecule has 5 heterocycles. The number of aromatic nitrogens is 1. The first-order valence-electron chi connectivity index (χ1n) is 11.8. The molecule has 1 aromatic carbocycles. The van der Waals surface area contributed by atoms with E-state index in [1.54, 1.807) is 11.3 Å². The number of carbonyl (C=O) groups is 1. The van der Waals surface area contributed by atoms with Crippen LogP contribution < -0.4 is 15.5 Å². The van der Waals surface area contributed by atoms with Crippen LogP contribution in [0.2, 0.25) is 0 Å². The first kappa shape index (κ1) is 20.2. The molecule has 168 valence electrons. The Morgan fingerprint density at radius 2 is 1.94 bits per heavy atom. The fourth-order valence-corrected chi connectivity index (χ4v) is 6.70. The van der Waals surface area contributed by atoms with Crippen LogP contribution in [-0.4, -0.2) is 60.6 Å². The summed E-state index contributed by atoms with van der Waals surface area (Å²) in [7, 11) is 0. The molecule has 0 radical (unpaired) electrons. The Hall–Kier alpha value is -2.38. The topological polar surface area (TPSA) is 60.5 Å². The maximum atomic E-state index is 12.7. The number of thiophene rings is 1.